The third kappa shape index (κ3) is 1.95. The molecule has 0 bridgehead atoms. The molecule has 4 nitrogen and oxygen atoms in total. The number of esters is 1. The van der Waals surface area contributed by atoms with Gasteiger partial charge in [0.05, 0.1) is 12.8 Å². The largest absolute Gasteiger partial charge is 0.461 e. The first kappa shape index (κ1) is 10.8. The highest BCUT2D eigenvalue weighted by molar-refractivity contribution is 5.89. The molecule has 78 valence electrons. The lowest BCUT2D eigenvalue weighted by atomic mass is 10.2. The van der Waals surface area contributed by atoms with Gasteiger partial charge in [0.2, 0.25) is 0 Å². The third-order valence-corrected chi connectivity index (χ3v) is 2.06. The van der Waals surface area contributed by atoms with Crippen LogP contribution in [0.4, 0.5) is 0 Å². The third-order valence-electron chi connectivity index (χ3n) is 2.06. The van der Waals surface area contributed by atoms with E-state index in [-0.39, 0.29) is 5.97 Å². The van der Waals surface area contributed by atoms with E-state index in [1.165, 1.54) is 0 Å². The molecule has 1 heterocycles. The molecule has 0 aliphatic rings. The predicted molar refractivity (Wildman–Crippen MR) is 53.2 cm³/mol. The summed E-state index contributed by atoms with van der Waals surface area (Å²) in [5, 5.41) is 4.12. The first-order valence-electron chi connectivity index (χ1n) is 4.96. The highest BCUT2D eigenvalue weighted by atomic mass is 16.5. The van der Waals surface area contributed by atoms with Crippen molar-refractivity contribution in [3.63, 3.8) is 0 Å². The number of rotatable bonds is 4. The number of hydrogen-bond acceptors (Lipinski definition) is 3. The van der Waals surface area contributed by atoms with Gasteiger partial charge in [-0.3, -0.25) is 4.68 Å². The number of aromatic nitrogens is 2. The summed E-state index contributed by atoms with van der Waals surface area (Å²) in [7, 11) is 0. The highest BCUT2D eigenvalue weighted by Gasteiger charge is 2.17. The monoisotopic (exact) mass is 196 g/mol. The standard InChI is InChI=1S/C10H16N2O2/c1-4-8-7-11-12(5-2)9(8)10(13)14-6-3/h7H,4-6H2,1-3H3. The fraction of sp³-hybridized carbons (Fsp3) is 0.600. The van der Waals surface area contributed by atoms with Crippen molar-refractivity contribution >= 4 is 5.97 Å². The molecular formula is C10H16N2O2. The minimum absolute atomic E-state index is 0.274. The van der Waals surface area contributed by atoms with Crippen molar-refractivity contribution in [3.8, 4) is 0 Å². The van der Waals surface area contributed by atoms with Gasteiger partial charge in [0.15, 0.2) is 0 Å². The summed E-state index contributed by atoms with van der Waals surface area (Å²) in [5.41, 5.74) is 1.54. The van der Waals surface area contributed by atoms with Gasteiger partial charge in [-0.15, -0.1) is 0 Å². The van der Waals surface area contributed by atoms with Gasteiger partial charge in [0.1, 0.15) is 5.69 Å². The quantitative estimate of drug-likeness (QED) is 0.688. The molecule has 1 aromatic heterocycles. The van der Waals surface area contributed by atoms with Crippen molar-refractivity contribution in [1.29, 1.82) is 0 Å². The SMILES string of the molecule is CCOC(=O)c1c(CC)cnn1CC. The summed E-state index contributed by atoms with van der Waals surface area (Å²) in [6.45, 7) is 6.84. The van der Waals surface area contributed by atoms with Crippen molar-refractivity contribution in [1.82, 2.24) is 9.78 Å². The molecule has 4 heteroatoms. The fourth-order valence-electron chi connectivity index (χ4n) is 1.36. The maximum absolute atomic E-state index is 11.6. The van der Waals surface area contributed by atoms with E-state index in [1.807, 2.05) is 13.8 Å². The molecule has 0 radical (unpaired) electrons. The number of aryl methyl sites for hydroxylation is 2. The summed E-state index contributed by atoms with van der Waals surface area (Å²) < 4.78 is 6.65. The first-order chi connectivity index (χ1) is 6.74. The average Bonchev–Trinajstić information content (AvgIpc) is 2.60. The maximum atomic E-state index is 11.6. The molecule has 0 spiro atoms. The van der Waals surface area contributed by atoms with E-state index < -0.39 is 0 Å². The number of nitrogens with zero attached hydrogens (tertiary/aromatic N) is 2. The average molecular weight is 196 g/mol. The lowest BCUT2D eigenvalue weighted by Crippen LogP contribution is -2.14. The number of hydrogen-bond donors (Lipinski definition) is 0. The van der Waals surface area contributed by atoms with Crippen molar-refractivity contribution in [2.24, 2.45) is 0 Å². The highest BCUT2D eigenvalue weighted by Crippen LogP contribution is 2.10. The molecule has 0 N–H and O–H groups in total. The van der Waals surface area contributed by atoms with Crippen LogP contribution >= 0.6 is 0 Å². The van der Waals surface area contributed by atoms with E-state index in [0.29, 0.717) is 18.8 Å². The zero-order valence-corrected chi connectivity index (χ0v) is 8.91. The molecular weight excluding hydrogens is 180 g/mol. The van der Waals surface area contributed by atoms with Crippen molar-refractivity contribution < 1.29 is 9.53 Å². The molecule has 0 fully saturated rings. The van der Waals surface area contributed by atoms with E-state index in [0.717, 1.165) is 12.0 Å². The smallest absolute Gasteiger partial charge is 0.356 e. The molecule has 14 heavy (non-hydrogen) atoms. The minimum atomic E-state index is -0.274. The van der Waals surface area contributed by atoms with E-state index in [4.69, 9.17) is 4.74 Å². The second-order valence-electron chi connectivity index (χ2n) is 2.91. The zero-order chi connectivity index (χ0) is 10.6. The Morgan fingerprint density at radius 1 is 1.50 bits per heavy atom. The predicted octanol–water partition coefficient (Wildman–Crippen LogP) is 1.64. The van der Waals surface area contributed by atoms with Gasteiger partial charge in [-0.2, -0.15) is 5.10 Å². The van der Waals surface area contributed by atoms with Crippen LogP contribution in [0.15, 0.2) is 6.20 Å². The fourth-order valence-corrected chi connectivity index (χ4v) is 1.36. The Morgan fingerprint density at radius 2 is 2.21 bits per heavy atom. The Labute approximate surface area is 83.9 Å². The van der Waals surface area contributed by atoms with Crippen molar-refractivity contribution in [2.75, 3.05) is 6.61 Å². The maximum Gasteiger partial charge on any atom is 0.356 e. The number of carbonyl (C=O) groups excluding carboxylic acids is 1. The summed E-state index contributed by atoms with van der Waals surface area (Å²) >= 11 is 0. The molecule has 0 saturated carbocycles. The second-order valence-corrected chi connectivity index (χ2v) is 2.91. The zero-order valence-electron chi connectivity index (χ0n) is 8.91. The molecule has 0 aromatic carbocycles. The van der Waals surface area contributed by atoms with Crippen LogP contribution in [-0.2, 0) is 17.7 Å². The molecule has 0 aliphatic heterocycles. The topological polar surface area (TPSA) is 44.1 Å². The Kier molecular flexibility index (Phi) is 3.68. The van der Waals surface area contributed by atoms with Gasteiger partial charge in [-0.1, -0.05) is 6.92 Å². The van der Waals surface area contributed by atoms with Gasteiger partial charge in [0.25, 0.3) is 0 Å². The molecule has 0 amide bonds. The van der Waals surface area contributed by atoms with Crippen LogP contribution in [0.5, 0.6) is 0 Å². The lowest BCUT2D eigenvalue weighted by Gasteiger charge is -2.05. The Balaban J connectivity index is 3.01. The molecule has 1 aromatic rings. The first-order valence-corrected chi connectivity index (χ1v) is 4.96. The molecule has 0 unspecified atom stereocenters. The van der Waals surface area contributed by atoms with E-state index >= 15 is 0 Å². The molecule has 0 saturated heterocycles. The normalized spacial score (nSPS) is 10.2. The Hall–Kier alpha value is -1.32. The van der Waals surface area contributed by atoms with E-state index in [2.05, 4.69) is 5.10 Å². The van der Waals surface area contributed by atoms with Gasteiger partial charge < -0.3 is 4.74 Å². The lowest BCUT2D eigenvalue weighted by molar-refractivity contribution is 0.0511. The summed E-state index contributed by atoms with van der Waals surface area (Å²) in [6, 6.07) is 0. The van der Waals surface area contributed by atoms with Crippen LogP contribution in [-0.4, -0.2) is 22.4 Å². The van der Waals surface area contributed by atoms with E-state index in [9.17, 15) is 4.79 Å². The summed E-state index contributed by atoms with van der Waals surface area (Å²) in [6.07, 6.45) is 2.53. The van der Waals surface area contributed by atoms with Crippen LogP contribution < -0.4 is 0 Å². The number of carbonyl (C=O) groups is 1. The van der Waals surface area contributed by atoms with Gasteiger partial charge in [-0.05, 0) is 20.3 Å². The van der Waals surface area contributed by atoms with Crippen LogP contribution in [0, 0.1) is 0 Å². The summed E-state index contributed by atoms with van der Waals surface area (Å²) in [5.74, 6) is -0.274. The summed E-state index contributed by atoms with van der Waals surface area (Å²) in [4.78, 5) is 11.6. The van der Waals surface area contributed by atoms with Crippen molar-refractivity contribution in [3.05, 3.63) is 17.5 Å². The molecule has 1 rings (SSSR count). The van der Waals surface area contributed by atoms with E-state index in [1.54, 1.807) is 17.8 Å². The minimum Gasteiger partial charge on any atom is -0.461 e. The molecule has 0 aliphatic carbocycles. The van der Waals surface area contributed by atoms with Crippen LogP contribution in [0.3, 0.4) is 0 Å². The van der Waals surface area contributed by atoms with Crippen LogP contribution in [0.1, 0.15) is 36.8 Å². The second kappa shape index (κ2) is 4.79. The van der Waals surface area contributed by atoms with Gasteiger partial charge >= 0.3 is 5.97 Å². The Bertz CT molecular complexity index is 296. The Morgan fingerprint density at radius 3 is 2.71 bits per heavy atom. The van der Waals surface area contributed by atoms with Crippen molar-refractivity contribution in [2.45, 2.75) is 33.7 Å². The molecule has 0 atom stereocenters. The van der Waals surface area contributed by atoms with Gasteiger partial charge in [-0.25, -0.2) is 4.79 Å². The van der Waals surface area contributed by atoms with Gasteiger partial charge in [0, 0.05) is 12.1 Å². The van der Waals surface area contributed by atoms with Crippen LogP contribution in [0.2, 0.25) is 0 Å². The van der Waals surface area contributed by atoms with Crippen LogP contribution in [0.25, 0.3) is 0 Å². The number of ether oxygens (including phenoxy) is 1.